The molecule has 2 aromatic heterocycles. The molecule has 3 aromatic rings. The summed E-state index contributed by atoms with van der Waals surface area (Å²) in [6.45, 7) is -0.0521. The molecule has 0 spiro atoms. The van der Waals surface area contributed by atoms with Gasteiger partial charge in [-0.2, -0.15) is 0 Å². The van der Waals surface area contributed by atoms with Crippen LogP contribution in [0, 0.1) is 0 Å². The molecule has 3 N–H and O–H groups in total. The van der Waals surface area contributed by atoms with Crippen LogP contribution in [0.5, 0.6) is 5.88 Å². The molecular formula is C16H18N4O2. The largest absolute Gasteiger partial charge is 0.481 e. The van der Waals surface area contributed by atoms with E-state index in [9.17, 15) is 5.11 Å². The minimum atomic E-state index is -0.230. The van der Waals surface area contributed by atoms with Gasteiger partial charge >= 0.3 is 0 Å². The number of aromatic nitrogens is 3. The summed E-state index contributed by atoms with van der Waals surface area (Å²) in [6.07, 6.45) is 0.540. The van der Waals surface area contributed by atoms with Crippen LogP contribution in [0.1, 0.15) is 11.7 Å². The summed E-state index contributed by atoms with van der Waals surface area (Å²) in [6, 6.07) is 13.0. The van der Waals surface area contributed by atoms with E-state index in [0.717, 1.165) is 16.7 Å². The molecule has 0 fully saturated rings. The Bertz CT molecular complexity index is 785. The van der Waals surface area contributed by atoms with Gasteiger partial charge in [-0.25, -0.2) is 9.97 Å². The molecule has 0 amide bonds. The molecule has 0 aliphatic heterocycles. The molecule has 0 aliphatic carbocycles. The molecular weight excluding hydrogens is 280 g/mol. The molecule has 0 radical (unpaired) electrons. The lowest BCUT2D eigenvalue weighted by atomic mass is 10.1. The lowest BCUT2D eigenvalue weighted by Gasteiger charge is -2.18. The third-order valence-corrected chi connectivity index (χ3v) is 3.63. The van der Waals surface area contributed by atoms with Crippen LogP contribution >= 0.6 is 0 Å². The highest BCUT2D eigenvalue weighted by Crippen LogP contribution is 2.25. The fourth-order valence-corrected chi connectivity index (χ4v) is 2.61. The van der Waals surface area contributed by atoms with Crippen molar-refractivity contribution in [2.45, 2.75) is 12.5 Å². The summed E-state index contributed by atoms with van der Waals surface area (Å²) in [5, 5.41) is 9.81. The molecule has 0 saturated heterocycles. The number of aliphatic hydroxyl groups is 1. The number of imidazole rings is 1. The van der Waals surface area contributed by atoms with Crippen molar-refractivity contribution in [1.29, 1.82) is 0 Å². The normalized spacial score (nSPS) is 12.5. The van der Waals surface area contributed by atoms with Crippen molar-refractivity contribution >= 4 is 17.0 Å². The van der Waals surface area contributed by atoms with E-state index in [1.165, 1.54) is 0 Å². The van der Waals surface area contributed by atoms with E-state index in [4.69, 9.17) is 10.5 Å². The van der Waals surface area contributed by atoms with Gasteiger partial charge in [0.15, 0.2) is 0 Å². The Labute approximate surface area is 128 Å². The maximum Gasteiger partial charge on any atom is 0.213 e. The Balaban J connectivity index is 1.97. The summed E-state index contributed by atoms with van der Waals surface area (Å²) in [4.78, 5) is 8.73. The van der Waals surface area contributed by atoms with E-state index < -0.39 is 0 Å². The predicted molar refractivity (Wildman–Crippen MR) is 84.8 cm³/mol. The van der Waals surface area contributed by atoms with Crippen molar-refractivity contribution in [2.75, 3.05) is 19.5 Å². The van der Waals surface area contributed by atoms with Gasteiger partial charge in [0, 0.05) is 18.2 Å². The number of benzene rings is 1. The molecule has 22 heavy (non-hydrogen) atoms. The molecule has 1 unspecified atom stereocenters. The smallest absolute Gasteiger partial charge is 0.213 e. The Morgan fingerprint density at radius 1 is 1.18 bits per heavy atom. The number of nitrogen functional groups attached to an aromatic ring is 1. The fraction of sp³-hybridized carbons (Fsp3) is 0.250. The average Bonchev–Trinajstić information content (AvgIpc) is 2.88. The monoisotopic (exact) mass is 298 g/mol. The summed E-state index contributed by atoms with van der Waals surface area (Å²) < 4.78 is 6.99. The van der Waals surface area contributed by atoms with Gasteiger partial charge in [0.1, 0.15) is 0 Å². The highest BCUT2D eigenvalue weighted by molar-refractivity contribution is 5.78. The van der Waals surface area contributed by atoms with Crippen LogP contribution in [0.15, 0.2) is 42.5 Å². The van der Waals surface area contributed by atoms with E-state index in [0.29, 0.717) is 18.2 Å². The Kier molecular flexibility index (Phi) is 3.93. The van der Waals surface area contributed by atoms with Gasteiger partial charge in [0.25, 0.3) is 0 Å². The minimum absolute atomic E-state index is 0.0521. The van der Waals surface area contributed by atoms with Crippen molar-refractivity contribution in [1.82, 2.24) is 14.5 Å². The molecule has 1 atom stereocenters. The third kappa shape index (κ3) is 2.60. The molecule has 6 nitrogen and oxygen atoms in total. The van der Waals surface area contributed by atoms with E-state index in [2.05, 4.69) is 9.97 Å². The molecule has 6 heteroatoms. The van der Waals surface area contributed by atoms with Crippen LogP contribution in [0.25, 0.3) is 11.0 Å². The van der Waals surface area contributed by atoms with Gasteiger partial charge in [-0.1, -0.05) is 18.2 Å². The zero-order valence-corrected chi connectivity index (χ0v) is 12.3. The lowest BCUT2D eigenvalue weighted by Crippen LogP contribution is -2.18. The van der Waals surface area contributed by atoms with Crippen molar-refractivity contribution in [3.8, 4) is 5.88 Å². The number of ether oxygens (including phenoxy) is 1. The van der Waals surface area contributed by atoms with Gasteiger partial charge in [0.05, 0.1) is 30.8 Å². The highest BCUT2D eigenvalue weighted by Gasteiger charge is 2.18. The van der Waals surface area contributed by atoms with E-state index in [1.807, 2.05) is 41.0 Å². The summed E-state index contributed by atoms with van der Waals surface area (Å²) >= 11 is 0. The first-order chi connectivity index (χ1) is 10.7. The van der Waals surface area contributed by atoms with Gasteiger partial charge in [-0.15, -0.1) is 0 Å². The van der Waals surface area contributed by atoms with Gasteiger partial charge in [0.2, 0.25) is 11.8 Å². The zero-order valence-electron chi connectivity index (χ0n) is 12.3. The number of anilines is 1. The van der Waals surface area contributed by atoms with Crippen LogP contribution in [-0.4, -0.2) is 33.4 Å². The van der Waals surface area contributed by atoms with E-state index in [1.54, 1.807) is 13.2 Å². The first-order valence-corrected chi connectivity index (χ1v) is 7.06. The summed E-state index contributed by atoms with van der Waals surface area (Å²) in [5.74, 6) is 0.945. The Morgan fingerprint density at radius 2 is 2.00 bits per heavy atom. The second-order valence-electron chi connectivity index (χ2n) is 5.04. The van der Waals surface area contributed by atoms with E-state index in [-0.39, 0.29) is 12.6 Å². The highest BCUT2D eigenvalue weighted by atomic mass is 16.5. The number of methoxy groups -OCH3 is 1. The van der Waals surface area contributed by atoms with Crippen LogP contribution in [0.4, 0.5) is 5.95 Å². The molecule has 0 saturated carbocycles. The predicted octanol–water partition coefficient (Wildman–Crippen LogP) is 1.80. The number of hydrogen-bond acceptors (Lipinski definition) is 5. The first-order valence-electron chi connectivity index (χ1n) is 7.06. The SMILES string of the molecule is COc1cccc(CC(CO)n2c(N)nc3ccccc32)n1. The van der Waals surface area contributed by atoms with Crippen molar-refractivity contribution in [3.63, 3.8) is 0 Å². The van der Waals surface area contributed by atoms with Crippen LogP contribution < -0.4 is 10.5 Å². The van der Waals surface area contributed by atoms with Crippen molar-refractivity contribution < 1.29 is 9.84 Å². The number of para-hydroxylation sites is 2. The van der Waals surface area contributed by atoms with Gasteiger partial charge in [-0.05, 0) is 18.2 Å². The molecule has 1 aromatic carbocycles. The average molecular weight is 298 g/mol. The zero-order chi connectivity index (χ0) is 15.5. The number of hydrogen-bond donors (Lipinski definition) is 2. The molecule has 0 aliphatic rings. The molecule has 114 valence electrons. The molecule has 2 heterocycles. The summed E-state index contributed by atoms with van der Waals surface area (Å²) in [7, 11) is 1.58. The van der Waals surface area contributed by atoms with E-state index >= 15 is 0 Å². The lowest BCUT2D eigenvalue weighted by molar-refractivity contribution is 0.230. The Hall–Kier alpha value is -2.60. The van der Waals surface area contributed by atoms with Crippen LogP contribution in [0.3, 0.4) is 0 Å². The summed E-state index contributed by atoms with van der Waals surface area (Å²) in [5.41, 5.74) is 8.59. The van der Waals surface area contributed by atoms with Crippen molar-refractivity contribution in [3.05, 3.63) is 48.2 Å². The maximum atomic E-state index is 9.81. The van der Waals surface area contributed by atoms with Crippen LogP contribution in [-0.2, 0) is 6.42 Å². The number of fused-ring (bicyclic) bond motifs is 1. The number of rotatable bonds is 5. The number of pyridine rings is 1. The number of nitrogens with two attached hydrogens (primary N) is 1. The number of nitrogens with zero attached hydrogens (tertiary/aromatic N) is 3. The topological polar surface area (TPSA) is 86.2 Å². The second-order valence-corrected chi connectivity index (χ2v) is 5.04. The molecule has 0 bridgehead atoms. The second kappa shape index (κ2) is 6.03. The standard InChI is InChI=1S/C16H18N4O2/c1-22-15-8-4-5-11(18-15)9-12(10-21)20-14-7-3-2-6-13(14)19-16(20)17/h2-8,12,21H,9-10H2,1H3,(H2,17,19). The van der Waals surface area contributed by atoms with Crippen LogP contribution in [0.2, 0.25) is 0 Å². The Morgan fingerprint density at radius 3 is 2.77 bits per heavy atom. The van der Waals surface area contributed by atoms with Crippen molar-refractivity contribution in [2.24, 2.45) is 0 Å². The third-order valence-electron chi connectivity index (χ3n) is 3.63. The van der Waals surface area contributed by atoms with Gasteiger partial charge < -0.3 is 20.1 Å². The first kappa shape index (κ1) is 14.3. The molecule has 3 rings (SSSR count). The maximum absolute atomic E-state index is 9.81. The quantitative estimate of drug-likeness (QED) is 0.750. The number of aliphatic hydroxyl groups excluding tert-OH is 1. The van der Waals surface area contributed by atoms with Gasteiger partial charge in [-0.3, -0.25) is 0 Å². The fourth-order valence-electron chi connectivity index (χ4n) is 2.61. The minimum Gasteiger partial charge on any atom is -0.481 e.